The molecule has 3 rings (SSSR count). The summed E-state index contributed by atoms with van der Waals surface area (Å²) >= 11 is 0. The minimum atomic E-state index is -0.907. The van der Waals surface area contributed by atoms with Crippen LogP contribution in [0.25, 0.3) is 0 Å². The number of cyclic esters (lactones) is 1. The predicted octanol–water partition coefficient (Wildman–Crippen LogP) is 4.11. The van der Waals surface area contributed by atoms with E-state index in [0.29, 0.717) is 25.9 Å². The molecule has 1 aliphatic heterocycles. The molecular formula is C29H44N2O9. The largest absolute Gasteiger partial charge is 0.493 e. The van der Waals surface area contributed by atoms with Crippen molar-refractivity contribution in [1.82, 2.24) is 10.3 Å². The summed E-state index contributed by atoms with van der Waals surface area (Å²) in [5, 5.41) is 2.75. The molecule has 0 aromatic carbocycles. The molecule has 1 saturated heterocycles. The summed E-state index contributed by atoms with van der Waals surface area (Å²) in [5.41, 5.74) is -0.105. The highest BCUT2D eigenvalue weighted by Gasteiger charge is 2.37. The lowest BCUT2D eigenvalue weighted by molar-refractivity contribution is -0.172. The standard InChI is InChI=1S/C29H44N2O9/c1-5-6-9-17-36-26-19(2)39-29(34)22(13-10-14-24(26)40-21-11-7-8-12-21)31-28(33)25-27(38-18-37-20(3)32)23(35-4)15-16-30-25/h15-16,19,21-22,24,26H,5-14,17-18H2,1-4H3,(H,31,33). The van der Waals surface area contributed by atoms with Crippen molar-refractivity contribution in [3.05, 3.63) is 18.0 Å². The summed E-state index contributed by atoms with van der Waals surface area (Å²) < 4.78 is 34.3. The monoisotopic (exact) mass is 564 g/mol. The molecule has 4 unspecified atom stereocenters. The van der Waals surface area contributed by atoms with Gasteiger partial charge in [-0.3, -0.25) is 9.59 Å². The summed E-state index contributed by atoms with van der Waals surface area (Å²) in [6.07, 6.45) is 9.53. The van der Waals surface area contributed by atoms with Crippen LogP contribution < -0.4 is 14.8 Å². The molecule has 1 amide bonds. The Hall–Kier alpha value is -2.92. The Balaban J connectivity index is 1.73. The maximum absolute atomic E-state index is 13.3. The fraction of sp³-hybridized carbons (Fsp3) is 0.724. The molecule has 1 N–H and O–H groups in total. The third-order valence-corrected chi connectivity index (χ3v) is 7.20. The lowest BCUT2D eigenvalue weighted by Crippen LogP contribution is -2.46. The second-order valence-electron chi connectivity index (χ2n) is 10.3. The average molecular weight is 565 g/mol. The highest BCUT2D eigenvalue weighted by molar-refractivity contribution is 5.98. The van der Waals surface area contributed by atoms with Crippen molar-refractivity contribution >= 4 is 17.8 Å². The van der Waals surface area contributed by atoms with Gasteiger partial charge in [-0.1, -0.05) is 32.6 Å². The van der Waals surface area contributed by atoms with Crippen LogP contribution in [0.2, 0.25) is 0 Å². The number of rotatable bonds is 13. The van der Waals surface area contributed by atoms with Crippen LogP contribution in [-0.4, -0.2) is 73.8 Å². The van der Waals surface area contributed by atoms with Crippen LogP contribution in [0.3, 0.4) is 0 Å². The first-order valence-corrected chi connectivity index (χ1v) is 14.4. The van der Waals surface area contributed by atoms with Crippen LogP contribution in [0.4, 0.5) is 0 Å². The number of carbonyl (C=O) groups excluding carboxylic acids is 3. The first kappa shape index (κ1) is 31.6. The molecule has 224 valence electrons. The normalized spacial score (nSPS) is 23.9. The molecule has 4 atom stereocenters. The van der Waals surface area contributed by atoms with Gasteiger partial charge in [0.05, 0.1) is 19.3 Å². The number of carbonyl (C=O) groups is 3. The number of ether oxygens (including phenoxy) is 6. The Morgan fingerprint density at radius 1 is 1.12 bits per heavy atom. The zero-order chi connectivity index (χ0) is 28.9. The molecule has 1 aromatic heterocycles. The molecule has 40 heavy (non-hydrogen) atoms. The summed E-state index contributed by atoms with van der Waals surface area (Å²) in [6, 6.07) is 0.608. The maximum atomic E-state index is 13.3. The summed E-state index contributed by atoms with van der Waals surface area (Å²) in [6.45, 7) is 5.35. The van der Waals surface area contributed by atoms with Crippen molar-refractivity contribution in [1.29, 1.82) is 0 Å². The molecule has 11 heteroatoms. The number of hydrogen-bond acceptors (Lipinski definition) is 10. The smallest absolute Gasteiger partial charge is 0.329 e. The number of pyridine rings is 1. The van der Waals surface area contributed by atoms with Crippen molar-refractivity contribution in [2.75, 3.05) is 20.5 Å². The van der Waals surface area contributed by atoms with Crippen LogP contribution in [0, 0.1) is 0 Å². The van der Waals surface area contributed by atoms with Crippen molar-refractivity contribution < 1.29 is 42.8 Å². The van der Waals surface area contributed by atoms with E-state index in [1.54, 1.807) is 0 Å². The van der Waals surface area contributed by atoms with E-state index < -0.39 is 42.9 Å². The van der Waals surface area contributed by atoms with Crippen molar-refractivity contribution in [3.63, 3.8) is 0 Å². The molecule has 11 nitrogen and oxygen atoms in total. The predicted molar refractivity (Wildman–Crippen MR) is 145 cm³/mol. The average Bonchev–Trinajstić information content (AvgIpc) is 3.45. The molecule has 2 aliphatic rings. The number of unbranched alkanes of at least 4 members (excludes halogenated alkanes) is 2. The summed E-state index contributed by atoms with van der Waals surface area (Å²) in [7, 11) is 1.41. The summed E-state index contributed by atoms with van der Waals surface area (Å²) in [4.78, 5) is 41.8. The molecule has 2 heterocycles. The molecular weight excluding hydrogens is 520 g/mol. The van der Waals surface area contributed by atoms with Crippen LogP contribution in [0.1, 0.15) is 95.5 Å². The van der Waals surface area contributed by atoms with Crippen LogP contribution in [0.5, 0.6) is 11.5 Å². The van der Waals surface area contributed by atoms with E-state index in [0.717, 1.165) is 44.9 Å². The van der Waals surface area contributed by atoms with Gasteiger partial charge in [-0.05, 0) is 45.4 Å². The molecule has 0 bridgehead atoms. The lowest BCUT2D eigenvalue weighted by atomic mass is 10.0. The third kappa shape index (κ3) is 9.33. The van der Waals surface area contributed by atoms with E-state index in [-0.39, 0.29) is 29.4 Å². The maximum Gasteiger partial charge on any atom is 0.329 e. The van der Waals surface area contributed by atoms with Crippen LogP contribution in [0.15, 0.2) is 12.3 Å². The van der Waals surface area contributed by atoms with Gasteiger partial charge in [-0.25, -0.2) is 9.78 Å². The fourth-order valence-corrected chi connectivity index (χ4v) is 5.09. The van der Waals surface area contributed by atoms with Gasteiger partial charge in [0.2, 0.25) is 6.79 Å². The minimum absolute atomic E-state index is 0.000812. The molecule has 2 fully saturated rings. The van der Waals surface area contributed by atoms with Gasteiger partial charge in [0.15, 0.2) is 17.2 Å². The van der Waals surface area contributed by atoms with Crippen LogP contribution >= 0.6 is 0 Å². The molecule has 0 spiro atoms. The van der Waals surface area contributed by atoms with Gasteiger partial charge < -0.3 is 33.7 Å². The zero-order valence-corrected chi connectivity index (χ0v) is 24.1. The van der Waals surface area contributed by atoms with Crippen molar-refractivity contribution in [3.8, 4) is 11.5 Å². The molecule has 0 radical (unpaired) electrons. The Bertz CT molecular complexity index is 967. The Morgan fingerprint density at radius 2 is 1.90 bits per heavy atom. The minimum Gasteiger partial charge on any atom is -0.493 e. The number of aromatic nitrogens is 1. The van der Waals surface area contributed by atoms with E-state index in [1.165, 1.54) is 26.3 Å². The first-order valence-electron chi connectivity index (χ1n) is 14.4. The van der Waals surface area contributed by atoms with Gasteiger partial charge in [0.25, 0.3) is 5.91 Å². The number of nitrogens with zero attached hydrogens (tertiary/aromatic N) is 1. The van der Waals surface area contributed by atoms with E-state index >= 15 is 0 Å². The second-order valence-corrected chi connectivity index (χ2v) is 10.3. The van der Waals surface area contributed by atoms with E-state index in [9.17, 15) is 14.4 Å². The number of hydrogen-bond donors (Lipinski definition) is 1. The zero-order valence-electron chi connectivity index (χ0n) is 24.1. The number of esters is 2. The van der Waals surface area contributed by atoms with Gasteiger partial charge in [-0.2, -0.15) is 0 Å². The Labute approximate surface area is 236 Å². The third-order valence-electron chi connectivity index (χ3n) is 7.20. The van der Waals surface area contributed by atoms with Gasteiger partial charge in [0.1, 0.15) is 18.2 Å². The Morgan fingerprint density at radius 3 is 2.60 bits per heavy atom. The van der Waals surface area contributed by atoms with E-state index in [1.807, 2.05) is 6.92 Å². The van der Waals surface area contributed by atoms with Crippen molar-refractivity contribution in [2.24, 2.45) is 0 Å². The number of nitrogens with one attached hydrogen (secondary N) is 1. The van der Waals surface area contributed by atoms with E-state index in [2.05, 4.69) is 17.2 Å². The highest BCUT2D eigenvalue weighted by Crippen LogP contribution is 2.31. The quantitative estimate of drug-likeness (QED) is 0.212. The topological polar surface area (TPSA) is 132 Å². The number of methoxy groups -OCH3 is 1. The lowest BCUT2D eigenvalue weighted by Gasteiger charge is -2.33. The van der Waals surface area contributed by atoms with Gasteiger partial charge >= 0.3 is 11.9 Å². The highest BCUT2D eigenvalue weighted by atomic mass is 16.7. The van der Waals surface area contributed by atoms with Gasteiger partial charge in [-0.15, -0.1) is 0 Å². The second kappa shape index (κ2) is 16.4. The summed E-state index contributed by atoms with van der Waals surface area (Å²) in [5.74, 6) is -1.50. The first-order chi connectivity index (χ1) is 19.3. The van der Waals surface area contributed by atoms with Crippen molar-refractivity contribution in [2.45, 2.75) is 115 Å². The van der Waals surface area contributed by atoms with Gasteiger partial charge in [0, 0.05) is 25.8 Å². The molecule has 1 aromatic rings. The number of amides is 1. The Kier molecular flexibility index (Phi) is 12.9. The SMILES string of the molecule is CCCCCOC1C(C)OC(=O)C(NC(=O)c2nccc(OC)c2OCOC(C)=O)CCCC1OC1CCCC1. The van der Waals surface area contributed by atoms with Crippen LogP contribution in [-0.2, 0) is 28.5 Å². The fourth-order valence-electron chi connectivity index (χ4n) is 5.09. The molecule has 1 saturated carbocycles. The molecule has 1 aliphatic carbocycles. The van der Waals surface area contributed by atoms with E-state index in [4.69, 9.17) is 28.4 Å².